The summed E-state index contributed by atoms with van der Waals surface area (Å²) >= 11 is 1.20. The number of anilines is 3. The van der Waals surface area contributed by atoms with Crippen molar-refractivity contribution < 1.29 is 18.0 Å². The van der Waals surface area contributed by atoms with Gasteiger partial charge in [0.2, 0.25) is 10.3 Å². The summed E-state index contributed by atoms with van der Waals surface area (Å²) in [5, 5.41) is 13.6. The van der Waals surface area contributed by atoms with Gasteiger partial charge in [-0.25, -0.2) is 4.79 Å². The van der Waals surface area contributed by atoms with Crippen molar-refractivity contribution in [2.75, 3.05) is 22.1 Å². The largest absolute Gasteiger partial charge is 0.418 e. The fourth-order valence-electron chi connectivity index (χ4n) is 2.85. The van der Waals surface area contributed by atoms with E-state index in [9.17, 15) is 18.0 Å². The summed E-state index contributed by atoms with van der Waals surface area (Å²) in [6, 6.07) is 4.35. The van der Waals surface area contributed by atoms with Crippen LogP contribution in [0.15, 0.2) is 24.3 Å². The number of carbonyl (C=O) groups excluding carboxylic acids is 1. The minimum absolute atomic E-state index is 0.236. The second-order valence-corrected chi connectivity index (χ2v) is 7.01. The Kier molecular flexibility index (Phi) is 5.30. The molecule has 0 unspecified atom stereocenters. The maximum Gasteiger partial charge on any atom is 0.418 e. The lowest BCUT2D eigenvalue weighted by atomic mass is 10.1. The first-order chi connectivity index (χ1) is 12.3. The van der Waals surface area contributed by atoms with E-state index in [1.54, 1.807) is 0 Å². The molecular formula is C16H18F3N5OS. The molecule has 1 aromatic heterocycles. The summed E-state index contributed by atoms with van der Waals surface area (Å²) in [5.41, 5.74) is -1.22. The summed E-state index contributed by atoms with van der Waals surface area (Å²) in [4.78, 5) is 14.2. The average Bonchev–Trinajstić information content (AvgIpc) is 3.03. The van der Waals surface area contributed by atoms with E-state index in [0.29, 0.717) is 11.2 Å². The molecule has 1 fully saturated rings. The molecule has 3 rings (SSSR count). The Morgan fingerprint density at radius 1 is 1.23 bits per heavy atom. The summed E-state index contributed by atoms with van der Waals surface area (Å²) in [7, 11) is 0. The highest BCUT2D eigenvalue weighted by molar-refractivity contribution is 7.19. The third kappa shape index (κ3) is 4.24. The van der Waals surface area contributed by atoms with Crippen LogP contribution in [0.1, 0.15) is 31.7 Å². The number of alkyl halides is 3. The molecule has 6 nitrogen and oxygen atoms in total. The quantitative estimate of drug-likeness (QED) is 0.811. The van der Waals surface area contributed by atoms with Crippen LogP contribution in [0, 0.1) is 0 Å². The fraction of sp³-hybridized carbons (Fsp3) is 0.438. The van der Waals surface area contributed by atoms with Crippen LogP contribution in [0.3, 0.4) is 0 Å². The van der Waals surface area contributed by atoms with E-state index in [0.717, 1.165) is 25.5 Å². The molecular weight excluding hydrogens is 367 g/mol. The zero-order chi connectivity index (χ0) is 18.7. The fourth-order valence-corrected chi connectivity index (χ4v) is 3.72. The number of amides is 2. The number of benzene rings is 1. The van der Waals surface area contributed by atoms with Crippen LogP contribution in [0.4, 0.5) is 33.9 Å². The smallest absolute Gasteiger partial charge is 0.344 e. The Balaban J connectivity index is 1.66. The van der Waals surface area contributed by atoms with Crippen LogP contribution in [-0.4, -0.2) is 28.8 Å². The van der Waals surface area contributed by atoms with Crippen molar-refractivity contribution in [1.29, 1.82) is 0 Å². The number of hydrogen-bond acceptors (Lipinski definition) is 5. The number of nitrogens with zero attached hydrogens (tertiary/aromatic N) is 3. The molecule has 0 saturated carbocycles. The second-order valence-electron chi connectivity index (χ2n) is 6.05. The van der Waals surface area contributed by atoms with Crippen molar-refractivity contribution in [3.8, 4) is 0 Å². The van der Waals surface area contributed by atoms with Crippen molar-refractivity contribution >= 4 is 33.3 Å². The molecule has 0 radical (unpaired) electrons. The van der Waals surface area contributed by atoms with E-state index in [1.807, 2.05) is 0 Å². The lowest BCUT2D eigenvalue weighted by Crippen LogP contribution is -2.37. The molecule has 2 N–H and O–H groups in total. The molecule has 26 heavy (non-hydrogen) atoms. The van der Waals surface area contributed by atoms with Crippen LogP contribution < -0.4 is 15.5 Å². The van der Waals surface area contributed by atoms with Gasteiger partial charge in [-0.15, -0.1) is 10.2 Å². The van der Waals surface area contributed by atoms with Crippen molar-refractivity contribution in [3.63, 3.8) is 0 Å². The third-order valence-corrected chi connectivity index (χ3v) is 5.04. The number of piperidine rings is 1. The number of nitrogens with one attached hydrogen (secondary N) is 2. The molecule has 1 saturated heterocycles. The van der Waals surface area contributed by atoms with Gasteiger partial charge in [-0.3, -0.25) is 5.32 Å². The molecule has 0 aliphatic carbocycles. The minimum Gasteiger partial charge on any atom is -0.344 e. The van der Waals surface area contributed by atoms with Crippen LogP contribution in [0.25, 0.3) is 0 Å². The molecule has 1 atom stereocenters. The van der Waals surface area contributed by atoms with Gasteiger partial charge in [0, 0.05) is 12.6 Å². The Bertz CT molecular complexity index is 779. The number of rotatable bonds is 3. The van der Waals surface area contributed by atoms with Gasteiger partial charge in [0.05, 0.1) is 11.3 Å². The summed E-state index contributed by atoms with van der Waals surface area (Å²) in [5.74, 6) is 0. The predicted molar refractivity (Wildman–Crippen MR) is 94.7 cm³/mol. The average molecular weight is 385 g/mol. The van der Waals surface area contributed by atoms with Crippen molar-refractivity contribution in [2.24, 2.45) is 0 Å². The Morgan fingerprint density at radius 3 is 2.73 bits per heavy atom. The molecule has 140 valence electrons. The van der Waals surface area contributed by atoms with Gasteiger partial charge >= 0.3 is 12.2 Å². The van der Waals surface area contributed by atoms with Gasteiger partial charge in [-0.1, -0.05) is 23.5 Å². The molecule has 1 aromatic carbocycles. The van der Waals surface area contributed by atoms with E-state index in [2.05, 4.69) is 32.7 Å². The first-order valence-electron chi connectivity index (χ1n) is 8.19. The highest BCUT2D eigenvalue weighted by Crippen LogP contribution is 2.35. The molecule has 1 aliphatic heterocycles. The summed E-state index contributed by atoms with van der Waals surface area (Å²) < 4.78 is 38.9. The van der Waals surface area contributed by atoms with Gasteiger partial charge in [0.15, 0.2) is 0 Å². The summed E-state index contributed by atoms with van der Waals surface area (Å²) in [6.45, 7) is 2.98. The van der Waals surface area contributed by atoms with Gasteiger partial charge in [0.25, 0.3) is 0 Å². The van der Waals surface area contributed by atoms with Gasteiger partial charge in [-0.2, -0.15) is 13.2 Å². The molecule has 0 bridgehead atoms. The molecule has 2 aromatic rings. The molecule has 2 heterocycles. The number of urea groups is 1. The maximum atomic E-state index is 13.0. The zero-order valence-electron chi connectivity index (χ0n) is 14.0. The summed E-state index contributed by atoms with van der Waals surface area (Å²) in [6.07, 6.45) is -1.24. The maximum absolute atomic E-state index is 13.0. The van der Waals surface area contributed by atoms with Gasteiger partial charge in [-0.05, 0) is 38.3 Å². The monoisotopic (exact) mass is 385 g/mol. The minimum atomic E-state index is -4.55. The van der Waals surface area contributed by atoms with Gasteiger partial charge < -0.3 is 10.2 Å². The van der Waals surface area contributed by atoms with Crippen LogP contribution in [0.2, 0.25) is 0 Å². The highest BCUT2D eigenvalue weighted by Gasteiger charge is 2.33. The van der Waals surface area contributed by atoms with Crippen molar-refractivity contribution in [2.45, 2.75) is 38.4 Å². The Morgan fingerprint density at radius 2 is 2.00 bits per heavy atom. The first kappa shape index (κ1) is 18.4. The lowest BCUT2D eigenvalue weighted by Gasteiger charge is -2.32. The SMILES string of the molecule is C[C@@H]1CCCCN1c1nnc(NC(=O)Nc2ccccc2C(F)(F)F)s1. The van der Waals surface area contributed by atoms with E-state index in [-0.39, 0.29) is 10.8 Å². The number of hydrogen-bond donors (Lipinski definition) is 2. The number of aromatic nitrogens is 2. The van der Waals surface area contributed by atoms with Crippen molar-refractivity contribution in [3.05, 3.63) is 29.8 Å². The number of halogens is 3. The molecule has 10 heteroatoms. The normalized spacial score (nSPS) is 17.8. The van der Waals surface area contributed by atoms with Crippen LogP contribution in [-0.2, 0) is 6.18 Å². The van der Waals surface area contributed by atoms with Gasteiger partial charge in [0.1, 0.15) is 0 Å². The van der Waals surface area contributed by atoms with E-state index >= 15 is 0 Å². The van der Waals surface area contributed by atoms with E-state index in [4.69, 9.17) is 0 Å². The molecule has 1 aliphatic rings. The second kappa shape index (κ2) is 7.48. The first-order valence-corrected chi connectivity index (χ1v) is 9.00. The van der Waals surface area contributed by atoms with E-state index < -0.39 is 17.8 Å². The zero-order valence-corrected chi connectivity index (χ0v) is 14.8. The number of para-hydroxylation sites is 1. The van der Waals surface area contributed by atoms with Crippen LogP contribution >= 0.6 is 11.3 Å². The van der Waals surface area contributed by atoms with Crippen molar-refractivity contribution in [1.82, 2.24) is 10.2 Å². The standard InChI is InChI=1S/C16H18F3N5OS/c1-10-6-4-5-9-24(10)15-23-22-14(26-15)21-13(25)20-12-8-3-2-7-11(12)16(17,18)19/h2-3,7-8,10H,4-6,9H2,1H3,(H2,20,21,22,25)/t10-/m1/s1. The predicted octanol–water partition coefficient (Wildman–Crippen LogP) is 4.58. The molecule has 0 spiro atoms. The lowest BCUT2D eigenvalue weighted by molar-refractivity contribution is -0.136. The molecule has 2 amide bonds. The topological polar surface area (TPSA) is 70.2 Å². The van der Waals surface area contributed by atoms with E-state index in [1.165, 1.54) is 36.0 Å². The third-order valence-electron chi connectivity index (χ3n) is 4.16. The highest BCUT2D eigenvalue weighted by atomic mass is 32.1. The Labute approximate surface area is 152 Å². The van der Waals surface area contributed by atoms with Crippen LogP contribution in [0.5, 0.6) is 0 Å². The Hall–Kier alpha value is -2.36. The number of carbonyl (C=O) groups is 1.